The highest BCUT2D eigenvalue weighted by Gasteiger charge is 2.14. The fourth-order valence-electron chi connectivity index (χ4n) is 2.03. The second-order valence-electron chi connectivity index (χ2n) is 5.36. The number of amides is 2. The van der Waals surface area contributed by atoms with Gasteiger partial charge in [-0.15, -0.1) is 0 Å². The molecule has 0 saturated heterocycles. The molecular formula is C16H25N3O2. The van der Waals surface area contributed by atoms with Crippen molar-refractivity contribution in [2.75, 3.05) is 38.6 Å². The summed E-state index contributed by atoms with van der Waals surface area (Å²) in [6.07, 6.45) is 0.307. The maximum atomic E-state index is 11.8. The highest BCUT2D eigenvalue weighted by molar-refractivity contribution is 5.93. The minimum atomic E-state index is -0.0506. The molecule has 0 aliphatic heterocycles. The summed E-state index contributed by atoms with van der Waals surface area (Å²) >= 11 is 0. The van der Waals surface area contributed by atoms with E-state index in [9.17, 15) is 9.59 Å². The van der Waals surface area contributed by atoms with Crippen LogP contribution in [0.5, 0.6) is 0 Å². The molecule has 116 valence electrons. The number of carbonyl (C=O) groups is 2. The van der Waals surface area contributed by atoms with E-state index in [0.717, 1.165) is 17.8 Å². The molecular weight excluding hydrogens is 266 g/mol. The molecule has 5 nitrogen and oxygen atoms in total. The predicted molar refractivity (Wildman–Crippen MR) is 85.4 cm³/mol. The summed E-state index contributed by atoms with van der Waals surface area (Å²) in [4.78, 5) is 27.3. The lowest BCUT2D eigenvalue weighted by atomic mass is 10.1. The summed E-state index contributed by atoms with van der Waals surface area (Å²) in [6.45, 7) is 5.31. The van der Waals surface area contributed by atoms with E-state index in [4.69, 9.17) is 0 Å². The Bertz CT molecular complexity index is 486. The molecule has 0 aromatic heterocycles. The van der Waals surface area contributed by atoms with E-state index in [-0.39, 0.29) is 11.8 Å². The lowest BCUT2D eigenvalue weighted by molar-refractivity contribution is -0.121. The van der Waals surface area contributed by atoms with Gasteiger partial charge in [0.1, 0.15) is 0 Å². The van der Waals surface area contributed by atoms with Crippen molar-refractivity contribution in [3.63, 3.8) is 0 Å². The molecule has 0 atom stereocenters. The fraction of sp³-hybridized carbons (Fsp3) is 0.500. The summed E-state index contributed by atoms with van der Waals surface area (Å²) in [6, 6.07) is 7.70. The summed E-state index contributed by atoms with van der Waals surface area (Å²) in [7, 11) is 3.92. The highest BCUT2D eigenvalue weighted by atomic mass is 16.2. The normalized spacial score (nSPS) is 10.5. The van der Waals surface area contributed by atoms with Crippen LogP contribution in [0.2, 0.25) is 0 Å². The van der Waals surface area contributed by atoms with E-state index in [2.05, 4.69) is 5.32 Å². The third-order valence-electron chi connectivity index (χ3n) is 3.23. The number of benzene rings is 1. The lowest BCUT2D eigenvalue weighted by Crippen LogP contribution is -2.36. The average Bonchev–Trinajstić information content (AvgIpc) is 2.40. The standard InChI is InChI=1S/C16H25N3O2/c1-13-7-5-6-8-15(13)19(14(2)20)11-9-16(21)17-10-12-18(3)4/h5-8H,9-12H2,1-4H3,(H,17,21). The van der Waals surface area contributed by atoms with Crippen molar-refractivity contribution in [3.05, 3.63) is 29.8 Å². The number of aryl methyl sites for hydroxylation is 1. The summed E-state index contributed by atoms with van der Waals surface area (Å²) in [5.41, 5.74) is 1.90. The molecule has 2 amide bonds. The Balaban J connectivity index is 2.55. The molecule has 0 unspecified atom stereocenters. The monoisotopic (exact) mass is 291 g/mol. The number of hydrogen-bond donors (Lipinski definition) is 1. The first-order chi connectivity index (χ1) is 9.91. The quantitative estimate of drug-likeness (QED) is 0.826. The lowest BCUT2D eigenvalue weighted by Gasteiger charge is -2.23. The van der Waals surface area contributed by atoms with Gasteiger partial charge in [-0.05, 0) is 32.6 Å². The zero-order valence-electron chi connectivity index (χ0n) is 13.3. The van der Waals surface area contributed by atoms with Crippen molar-refractivity contribution in [3.8, 4) is 0 Å². The minimum Gasteiger partial charge on any atom is -0.355 e. The molecule has 0 aliphatic carbocycles. The Morgan fingerprint density at radius 3 is 2.38 bits per heavy atom. The van der Waals surface area contributed by atoms with Gasteiger partial charge in [-0.25, -0.2) is 0 Å². The van der Waals surface area contributed by atoms with E-state index in [0.29, 0.717) is 19.5 Å². The predicted octanol–water partition coefficient (Wildman–Crippen LogP) is 1.42. The number of nitrogens with zero attached hydrogens (tertiary/aromatic N) is 2. The number of nitrogens with one attached hydrogen (secondary N) is 1. The Morgan fingerprint density at radius 2 is 1.81 bits per heavy atom. The van der Waals surface area contributed by atoms with Crippen LogP contribution >= 0.6 is 0 Å². The van der Waals surface area contributed by atoms with Crippen molar-refractivity contribution >= 4 is 17.5 Å². The van der Waals surface area contributed by atoms with Crippen LogP contribution in [-0.4, -0.2) is 50.4 Å². The van der Waals surface area contributed by atoms with Gasteiger partial charge in [0, 0.05) is 38.7 Å². The number of para-hydroxylation sites is 1. The number of likely N-dealkylation sites (N-methyl/N-ethyl adjacent to an activating group) is 1. The third-order valence-corrected chi connectivity index (χ3v) is 3.23. The van der Waals surface area contributed by atoms with Crippen LogP contribution < -0.4 is 10.2 Å². The average molecular weight is 291 g/mol. The molecule has 1 rings (SSSR count). The van der Waals surface area contributed by atoms with Gasteiger partial charge in [-0.3, -0.25) is 9.59 Å². The van der Waals surface area contributed by atoms with Crippen LogP contribution in [0.3, 0.4) is 0 Å². The second-order valence-corrected chi connectivity index (χ2v) is 5.36. The van der Waals surface area contributed by atoms with Gasteiger partial charge in [0.15, 0.2) is 0 Å². The molecule has 0 saturated carbocycles. The Hall–Kier alpha value is -1.88. The van der Waals surface area contributed by atoms with Gasteiger partial charge in [-0.1, -0.05) is 18.2 Å². The number of anilines is 1. The van der Waals surface area contributed by atoms with Crippen molar-refractivity contribution in [1.29, 1.82) is 0 Å². The molecule has 0 bridgehead atoms. The fourth-order valence-corrected chi connectivity index (χ4v) is 2.03. The van der Waals surface area contributed by atoms with Crippen LogP contribution in [0.15, 0.2) is 24.3 Å². The highest BCUT2D eigenvalue weighted by Crippen LogP contribution is 2.19. The molecule has 0 radical (unpaired) electrons. The zero-order chi connectivity index (χ0) is 15.8. The molecule has 0 aliphatic rings. The molecule has 21 heavy (non-hydrogen) atoms. The second kappa shape index (κ2) is 8.42. The minimum absolute atomic E-state index is 0.0308. The van der Waals surface area contributed by atoms with Gasteiger partial charge in [-0.2, -0.15) is 0 Å². The summed E-state index contributed by atoms with van der Waals surface area (Å²) in [5, 5.41) is 2.86. The number of hydrogen-bond acceptors (Lipinski definition) is 3. The Morgan fingerprint density at radius 1 is 1.14 bits per heavy atom. The maximum absolute atomic E-state index is 11.8. The van der Waals surface area contributed by atoms with Crippen molar-refractivity contribution in [1.82, 2.24) is 10.2 Å². The Kier molecular flexibility index (Phi) is 6.88. The zero-order valence-corrected chi connectivity index (χ0v) is 13.3. The molecule has 1 N–H and O–H groups in total. The van der Waals surface area contributed by atoms with E-state index in [1.807, 2.05) is 50.2 Å². The number of carbonyl (C=O) groups excluding carboxylic acids is 2. The topological polar surface area (TPSA) is 52.7 Å². The molecule has 0 spiro atoms. The Labute approximate surface area is 126 Å². The van der Waals surface area contributed by atoms with Crippen molar-refractivity contribution in [2.45, 2.75) is 20.3 Å². The van der Waals surface area contributed by atoms with Crippen molar-refractivity contribution in [2.24, 2.45) is 0 Å². The first-order valence-corrected chi connectivity index (χ1v) is 7.17. The molecule has 0 fully saturated rings. The molecule has 1 aromatic carbocycles. The van der Waals surface area contributed by atoms with Crippen molar-refractivity contribution < 1.29 is 9.59 Å². The van der Waals surface area contributed by atoms with E-state index in [1.54, 1.807) is 4.90 Å². The van der Waals surface area contributed by atoms with Gasteiger partial charge in [0.05, 0.1) is 0 Å². The van der Waals surface area contributed by atoms with Gasteiger partial charge < -0.3 is 15.1 Å². The first-order valence-electron chi connectivity index (χ1n) is 7.17. The third kappa shape index (κ3) is 5.95. The summed E-state index contributed by atoms with van der Waals surface area (Å²) in [5.74, 6) is -0.0814. The smallest absolute Gasteiger partial charge is 0.223 e. The van der Waals surface area contributed by atoms with Crippen LogP contribution in [0, 0.1) is 6.92 Å². The van der Waals surface area contributed by atoms with E-state index < -0.39 is 0 Å². The van der Waals surface area contributed by atoms with Gasteiger partial charge in [0.25, 0.3) is 0 Å². The van der Waals surface area contributed by atoms with Crippen LogP contribution in [0.25, 0.3) is 0 Å². The summed E-state index contributed by atoms with van der Waals surface area (Å²) < 4.78 is 0. The largest absolute Gasteiger partial charge is 0.355 e. The molecule has 0 heterocycles. The van der Waals surface area contributed by atoms with Crippen LogP contribution in [0.4, 0.5) is 5.69 Å². The molecule has 5 heteroatoms. The van der Waals surface area contributed by atoms with Gasteiger partial charge >= 0.3 is 0 Å². The van der Waals surface area contributed by atoms with E-state index >= 15 is 0 Å². The SMILES string of the molecule is CC(=O)N(CCC(=O)NCCN(C)C)c1ccccc1C. The van der Waals surface area contributed by atoms with E-state index in [1.165, 1.54) is 6.92 Å². The number of rotatable bonds is 7. The van der Waals surface area contributed by atoms with Crippen LogP contribution in [0.1, 0.15) is 18.9 Å². The maximum Gasteiger partial charge on any atom is 0.223 e. The molecule has 1 aromatic rings. The first kappa shape index (κ1) is 17.2. The van der Waals surface area contributed by atoms with Crippen LogP contribution in [-0.2, 0) is 9.59 Å². The van der Waals surface area contributed by atoms with Gasteiger partial charge in [0.2, 0.25) is 11.8 Å².